The third-order valence-electron chi connectivity index (χ3n) is 4.03. The third kappa shape index (κ3) is 5.14. The zero-order valence-corrected chi connectivity index (χ0v) is 16.0. The highest BCUT2D eigenvalue weighted by atomic mass is 79.9. The summed E-state index contributed by atoms with van der Waals surface area (Å²) in [5, 5.41) is 0. The maximum Gasteiger partial charge on any atom is 0.309 e. The van der Waals surface area contributed by atoms with E-state index >= 15 is 0 Å². The summed E-state index contributed by atoms with van der Waals surface area (Å²) in [5.41, 5.74) is 7.99. The molecule has 1 aromatic heterocycles. The highest BCUT2D eigenvalue weighted by molar-refractivity contribution is 5.66. The van der Waals surface area contributed by atoms with Gasteiger partial charge < -0.3 is 49.6 Å². The van der Waals surface area contributed by atoms with E-state index in [4.69, 9.17) is 0 Å². The molecule has 23 heavy (non-hydrogen) atoms. The molecule has 0 radical (unpaired) electrons. The van der Waals surface area contributed by atoms with E-state index in [2.05, 4.69) is 47.1 Å². The van der Waals surface area contributed by atoms with Crippen LogP contribution in [0.5, 0.6) is 0 Å². The van der Waals surface area contributed by atoms with E-state index in [1.807, 2.05) is 6.07 Å². The molecule has 1 aromatic carbocycles. The second-order valence-electron chi connectivity index (χ2n) is 5.59. The van der Waals surface area contributed by atoms with Crippen molar-refractivity contribution in [1.29, 1.82) is 0 Å². The van der Waals surface area contributed by atoms with Crippen LogP contribution in [-0.4, -0.2) is 18.1 Å². The van der Waals surface area contributed by atoms with E-state index in [0.717, 1.165) is 31.6 Å². The number of rotatable bonds is 3. The Morgan fingerprint density at radius 3 is 2.52 bits per heavy atom. The molecule has 2 aromatic rings. The van der Waals surface area contributed by atoms with Crippen LogP contribution in [0.25, 0.3) is 5.57 Å². The van der Waals surface area contributed by atoms with Crippen molar-refractivity contribution in [3.63, 3.8) is 0 Å². The summed E-state index contributed by atoms with van der Waals surface area (Å²) in [6.07, 6.45) is 5.12. The van der Waals surface area contributed by atoms with Gasteiger partial charge in [-0.3, -0.25) is 4.79 Å². The lowest BCUT2D eigenvalue weighted by atomic mass is 10.0. The Balaban J connectivity index is 0.00000132. The van der Waals surface area contributed by atoms with Crippen LogP contribution >= 0.6 is 0 Å². The number of H-pyrrole nitrogens is 1. The molecule has 0 aliphatic carbocycles. The van der Waals surface area contributed by atoms with Gasteiger partial charge in [-0.15, -0.1) is 0 Å². The molecule has 4 nitrogen and oxygen atoms in total. The standard InChI is InChI=1S/C17H19N3O.2BrH/c18-16-10-15(11-19-17(16)21)14-6-8-20(9-7-14)12-13-4-2-1-3-5-13;;/h1-6,10-11H,7-9,12,18H2,(H,19,21);2*1H. The molecule has 0 spiro atoms. The van der Waals surface area contributed by atoms with Crippen molar-refractivity contribution in [2.24, 2.45) is 0 Å². The summed E-state index contributed by atoms with van der Waals surface area (Å²) in [6.45, 7) is 3.21. The van der Waals surface area contributed by atoms with Crippen molar-refractivity contribution in [2.75, 3.05) is 13.1 Å². The molecular weight excluding hydrogens is 422 g/mol. The van der Waals surface area contributed by atoms with Crippen LogP contribution in [0.3, 0.4) is 0 Å². The topological polar surface area (TPSA) is 64.9 Å². The second-order valence-corrected chi connectivity index (χ2v) is 5.59. The average molecular weight is 443 g/mol. The normalized spacial score (nSPS) is 16.7. The van der Waals surface area contributed by atoms with Gasteiger partial charge >= 0.3 is 5.56 Å². The number of quaternary nitrogens is 2. The molecule has 0 bridgehead atoms. The van der Waals surface area contributed by atoms with Crippen molar-refractivity contribution >= 4 is 11.3 Å². The lowest BCUT2D eigenvalue weighted by Gasteiger charge is -2.23. The molecule has 1 aliphatic heterocycles. The van der Waals surface area contributed by atoms with E-state index in [0.29, 0.717) is 5.69 Å². The van der Waals surface area contributed by atoms with Gasteiger partial charge in [-0.05, 0) is 17.2 Å². The number of aromatic amines is 1. The Morgan fingerprint density at radius 1 is 1.17 bits per heavy atom. The average Bonchev–Trinajstić information content (AvgIpc) is 2.52. The van der Waals surface area contributed by atoms with Gasteiger partial charge in [-0.25, -0.2) is 0 Å². The zero-order valence-electron chi connectivity index (χ0n) is 12.8. The van der Waals surface area contributed by atoms with E-state index < -0.39 is 0 Å². The predicted molar refractivity (Wildman–Crippen MR) is 83.0 cm³/mol. The maximum absolute atomic E-state index is 11.4. The Hall–Kier alpha value is -1.21. The lowest BCUT2D eigenvalue weighted by molar-refractivity contribution is -0.908. The molecule has 0 amide bonds. The van der Waals surface area contributed by atoms with Gasteiger partial charge in [0, 0.05) is 24.2 Å². The Kier molecular flexibility index (Phi) is 7.91. The maximum atomic E-state index is 11.4. The van der Waals surface area contributed by atoms with Crippen LogP contribution in [0.15, 0.2) is 53.5 Å². The van der Waals surface area contributed by atoms with Crippen LogP contribution in [0.4, 0.5) is 5.69 Å². The zero-order chi connectivity index (χ0) is 14.7. The smallest absolute Gasteiger partial charge is 0.309 e. The number of hydrogen-bond donors (Lipinski definition) is 3. The number of pyridine rings is 1. The van der Waals surface area contributed by atoms with Crippen LogP contribution in [0.2, 0.25) is 0 Å². The largest absolute Gasteiger partial charge is 1.00 e. The fourth-order valence-electron chi connectivity index (χ4n) is 2.81. The van der Waals surface area contributed by atoms with Gasteiger partial charge in [-0.2, -0.15) is 0 Å². The first-order valence-electron chi connectivity index (χ1n) is 7.34. The molecule has 0 saturated heterocycles. The Labute approximate surface area is 156 Å². The number of aromatic nitrogens is 1. The van der Waals surface area contributed by atoms with Gasteiger partial charge in [0.05, 0.1) is 13.1 Å². The quantitative estimate of drug-likeness (QED) is 0.435. The second kappa shape index (κ2) is 9.17. The molecule has 2 heterocycles. The van der Waals surface area contributed by atoms with Crippen molar-refractivity contribution in [3.8, 4) is 0 Å². The number of benzene rings is 1. The van der Waals surface area contributed by atoms with Gasteiger partial charge in [0.25, 0.3) is 0 Å². The fourth-order valence-corrected chi connectivity index (χ4v) is 2.81. The van der Waals surface area contributed by atoms with E-state index in [1.54, 1.807) is 11.1 Å². The first-order chi connectivity index (χ1) is 10.2. The highest BCUT2D eigenvalue weighted by Gasteiger charge is 2.17. The highest BCUT2D eigenvalue weighted by Crippen LogP contribution is 2.17. The molecule has 6 heteroatoms. The SMILES string of the molecule is [Br-].[Br-].[NH3+]c1cc(C2=CC[NH+](Cc3ccccc3)CC2)c[nH]c1=O. The predicted octanol–water partition coefficient (Wildman–Crippen LogP) is -5.87. The van der Waals surface area contributed by atoms with E-state index in [1.165, 1.54) is 11.1 Å². The number of nitrogens with one attached hydrogen (secondary N) is 2. The molecule has 3 rings (SSSR count). The fraction of sp³-hybridized carbons (Fsp3) is 0.235. The summed E-state index contributed by atoms with van der Waals surface area (Å²) in [7, 11) is 0. The molecule has 1 aliphatic rings. The van der Waals surface area contributed by atoms with Crippen molar-refractivity contribution in [3.05, 3.63) is 70.2 Å². The van der Waals surface area contributed by atoms with Crippen LogP contribution in [0, 0.1) is 0 Å². The molecule has 1 unspecified atom stereocenters. The minimum atomic E-state index is -0.105. The van der Waals surface area contributed by atoms with Crippen LogP contribution < -0.4 is 50.2 Å². The molecule has 0 saturated carbocycles. The minimum Gasteiger partial charge on any atom is -1.00 e. The Morgan fingerprint density at radius 2 is 1.91 bits per heavy atom. The van der Waals surface area contributed by atoms with Gasteiger partial charge in [0.15, 0.2) is 5.69 Å². The molecular formula is C17H21Br2N3O. The molecule has 0 fully saturated rings. The van der Waals surface area contributed by atoms with Crippen molar-refractivity contribution < 1.29 is 44.6 Å². The Bertz CT molecular complexity index is 713. The monoisotopic (exact) mass is 441 g/mol. The third-order valence-corrected chi connectivity index (χ3v) is 4.03. The summed E-state index contributed by atoms with van der Waals surface area (Å²) in [6, 6.07) is 12.5. The van der Waals surface area contributed by atoms with Gasteiger partial charge in [-0.1, -0.05) is 30.3 Å². The van der Waals surface area contributed by atoms with Crippen molar-refractivity contribution in [1.82, 2.24) is 4.98 Å². The number of halogens is 2. The summed E-state index contributed by atoms with van der Waals surface area (Å²) in [4.78, 5) is 15.7. The molecule has 5 N–H and O–H groups in total. The van der Waals surface area contributed by atoms with Crippen LogP contribution in [0.1, 0.15) is 17.5 Å². The van der Waals surface area contributed by atoms with Gasteiger partial charge in [0.2, 0.25) is 0 Å². The first kappa shape index (κ1) is 19.8. The summed E-state index contributed by atoms with van der Waals surface area (Å²) < 4.78 is 0. The summed E-state index contributed by atoms with van der Waals surface area (Å²) in [5.74, 6) is 0. The first-order valence-corrected chi connectivity index (χ1v) is 7.34. The van der Waals surface area contributed by atoms with E-state index in [9.17, 15) is 4.79 Å². The lowest BCUT2D eigenvalue weighted by Crippen LogP contribution is -3.11. The van der Waals surface area contributed by atoms with Crippen LogP contribution in [-0.2, 0) is 6.54 Å². The van der Waals surface area contributed by atoms with Crippen molar-refractivity contribution in [2.45, 2.75) is 13.0 Å². The van der Waals surface area contributed by atoms with Gasteiger partial charge in [0.1, 0.15) is 6.54 Å². The number of hydrogen-bond acceptors (Lipinski definition) is 1. The van der Waals surface area contributed by atoms with E-state index in [-0.39, 0.29) is 39.5 Å². The summed E-state index contributed by atoms with van der Waals surface area (Å²) >= 11 is 0. The minimum absolute atomic E-state index is 0. The molecule has 124 valence electrons. The molecule has 1 atom stereocenters.